The van der Waals surface area contributed by atoms with Crippen molar-refractivity contribution in [3.8, 4) is 11.1 Å². The zero-order valence-corrected chi connectivity index (χ0v) is 20.9. The maximum Gasteiger partial charge on any atom is 0.280 e. The van der Waals surface area contributed by atoms with E-state index in [-0.39, 0.29) is 21.9 Å². The summed E-state index contributed by atoms with van der Waals surface area (Å²) in [5, 5.41) is 12.1. The van der Waals surface area contributed by atoms with Crippen molar-refractivity contribution in [1.82, 2.24) is 24.5 Å². The van der Waals surface area contributed by atoms with Crippen LogP contribution in [0.2, 0.25) is 5.02 Å². The number of thiophene rings is 1. The number of alkyl halides is 2. The molecule has 0 aromatic carbocycles. The first-order valence-electron chi connectivity index (χ1n) is 10.6. The molecule has 184 valence electrons. The molecule has 0 bridgehead atoms. The molecule has 4 rings (SSSR count). The van der Waals surface area contributed by atoms with E-state index >= 15 is 0 Å². The summed E-state index contributed by atoms with van der Waals surface area (Å²) in [6.07, 6.45) is -1.28. The molecular weight excluding hydrogens is 500 g/mol. The number of nitrogens with two attached hydrogens (primary N) is 1. The number of amides is 2. The van der Waals surface area contributed by atoms with Crippen LogP contribution in [0.25, 0.3) is 21.3 Å². The van der Waals surface area contributed by atoms with Gasteiger partial charge in [0.05, 0.1) is 28.3 Å². The Morgan fingerprint density at radius 2 is 1.91 bits per heavy atom. The molecule has 0 spiro atoms. The molecule has 0 atom stereocenters. The van der Waals surface area contributed by atoms with Gasteiger partial charge in [-0.3, -0.25) is 19.0 Å². The number of hydrogen-bond acceptors (Lipinski definition) is 6. The van der Waals surface area contributed by atoms with E-state index in [2.05, 4.69) is 20.5 Å². The second kappa shape index (κ2) is 9.34. The van der Waals surface area contributed by atoms with Crippen molar-refractivity contribution in [3.63, 3.8) is 0 Å². The number of aromatic nitrogens is 5. The van der Waals surface area contributed by atoms with Crippen molar-refractivity contribution in [2.45, 2.75) is 47.2 Å². The Hall–Kier alpha value is -3.38. The van der Waals surface area contributed by atoms with Crippen LogP contribution in [0.4, 0.5) is 14.5 Å². The highest BCUT2D eigenvalue weighted by molar-refractivity contribution is 7.21. The molecule has 0 unspecified atom stereocenters. The lowest BCUT2D eigenvalue weighted by Crippen LogP contribution is -2.22. The number of halogens is 3. The van der Waals surface area contributed by atoms with Crippen molar-refractivity contribution in [2.75, 3.05) is 5.32 Å². The molecule has 0 radical (unpaired) electrons. The van der Waals surface area contributed by atoms with Gasteiger partial charge >= 0.3 is 0 Å². The summed E-state index contributed by atoms with van der Waals surface area (Å²) in [5.41, 5.74) is 8.12. The number of pyridine rings is 1. The first-order valence-corrected chi connectivity index (χ1v) is 11.8. The lowest BCUT2D eigenvalue weighted by molar-refractivity contribution is -0.116. The number of nitrogens with one attached hydrogen (secondary N) is 1. The maximum absolute atomic E-state index is 13.7. The summed E-state index contributed by atoms with van der Waals surface area (Å²) in [6.45, 7) is 7.56. The lowest BCUT2D eigenvalue weighted by Gasteiger charge is -2.11. The molecule has 13 heteroatoms. The summed E-state index contributed by atoms with van der Waals surface area (Å²) in [5.74, 6) is -1.32. The maximum atomic E-state index is 13.7. The number of carbonyl (C=O) groups is 2. The summed E-state index contributed by atoms with van der Waals surface area (Å²) in [6, 6.07) is 1.25. The van der Waals surface area contributed by atoms with E-state index in [0.717, 1.165) is 17.0 Å². The average molecular weight is 522 g/mol. The minimum absolute atomic E-state index is 0.000419. The Morgan fingerprint density at radius 3 is 2.46 bits per heavy atom. The van der Waals surface area contributed by atoms with Crippen LogP contribution in [0, 0.1) is 20.8 Å². The van der Waals surface area contributed by atoms with Gasteiger partial charge in [0, 0.05) is 23.2 Å². The lowest BCUT2D eigenvalue weighted by atomic mass is 10.0. The number of primary amides is 1. The summed E-state index contributed by atoms with van der Waals surface area (Å²) < 4.78 is 30.5. The van der Waals surface area contributed by atoms with E-state index in [1.54, 1.807) is 24.7 Å². The number of hydrogen-bond donors (Lipinski definition) is 2. The fourth-order valence-electron chi connectivity index (χ4n) is 3.91. The molecule has 0 aliphatic carbocycles. The van der Waals surface area contributed by atoms with Crippen LogP contribution in [0.1, 0.15) is 45.8 Å². The van der Waals surface area contributed by atoms with Gasteiger partial charge in [0.1, 0.15) is 21.9 Å². The molecule has 3 N–H and O–H groups in total. The number of nitrogens with zero attached hydrogens (tertiary/aromatic N) is 5. The summed E-state index contributed by atoms with van der Waals surface area (Å²) >= 11 is 7.02. The molecule has 0 saturated carbocycles. The predicted octanol–water partition coefficient (Wildman–Crippen LogP) is 4.63. The number of anilines is 1. The predicted molar refractivity (Wildman–Crippen MR) is 130 cm³/mol. The number of aryl methyl sites for hydroxylation is 2. The van der Waals surface area contributed by atoms with E-state index in [4.69, 9.17) is 17.3 Å². The van der Waals surface area contributed by atoms with Gasteiger partial charge in [-0.2, -0.15) is 10.2 Å². The second-order valence-electron chi connectivity index (χ2n) is 7.90. The van der Waals surface area contributed by atoms with Crippen molar-refractivity contribution >= 4 is 50.7 Å². The summed E-state index contributed by atoms with van der Waals surface area (Å²) in [7, 11) is 0. The smallest absolute Gasteiger partial charge is 0.280 e. The van der Waals surface area contributed by atoms with Crippen LogP contribution in [-0.2, 0) is 17.9 Å². The molecule has 0 saturated heterocycles. The SMILES string of the molecule is CCn1ncc(-c2cc(C(F)F)nc3sc(C(N)=O)c(NC(=O)Cn4nc(C)c(Cl)c4C)c23)c1C. The monoisotopic (exact) mass is 521 g/mol. The van der Waals surface area contributed by atoms with Gasteiger partial charge in [0.25, 0.3) is 12.3 Å². The highest BCUT2D eigenvalue weighted by Crippen LogP contribution is 2.43. The highest BCUT2D eigenvalue weighted by atomic mass is 35.5. The topological polar surface area (TPSA) is 121 Å². The molecule has 35 heavy (non-hydrogen) atoms. The Morgan fingerprint density at radius 1 is 1.20 bits per heavy atom. The van der Waals surface area contributed by atoms with Crippen molar-refractivity contribution in [3.05, 3.63) is 44.9 Å². The molecule has 2 amide bonds. The van der Waals surface area contributed by atoms with Crippen LogP contribution in [0.15, 0.2) is 12.3 Å². The fourth-order valence-corrected chi connectivity index (χ4v) is 5.06. The first-order chi connectivity index (χ1) is 16.5. The Balaban J connectivity index is 1.89. The number of fused-ring (bicyclic) bond motifs is 1. The normalized spacial score (nSPS) is 11.5. The van der Waals surface area contributed by atoms with Crippen LogP contribution >= 0.6 is 22.9 Å². The van der Waals surface area contributed by atoms with Gasteiger partial charge in [0.15, 0.2) is 0 Å². The third kappa shape index (κ3) is 4.39. The molecule has 9 nitrogen and oxygen atoms in total. The van der Waals surface area contributed by atoms with Gasteiger partial charge in [-0.05, 0) is 39.3 Å². The number of rotatable bonds is 7. The van der Waals surface area contributed by atoms with Gasteiger partial charge in [0.2, 0.25) is 5.91 Å². The summed E-state index contributed by atoms with van der Waals surface area (Å²) in [4.78, 5) is 29.5. The minimum Gasteiger partial charge on any atom is -0.365 e. The van der Waals surface area contributed by atoms with E-state index in [1.807, 2.05) is 13.8 Å². The second-order valence-corrected chi connectivity index (χ2v) is 9.27. The van der Waals surface area contributed by atoms with E-state index in [1.165, 1.54) is 10.7 Å². The van der Waals surface area contributed by atoms with E-state index < -0.39 is 23.9 Å². The molecule has 0 aliphatic heterocycles. The minimum atomic E-state index is -2.84. The average Bonchev–Trinajstić information content (AvgIpc) is 3.43. The van der Waals surface area contributed by atoms with E-state index in [9.17, 15) is 18.4 Å². The van der Waals surface area contributed by atoms with Crippen molar-refractivity contribution in [1.29, 1.82) is 0 Å². The molecular formula is C22H22ClF2N7O2S. The number of carbonyl (C=O) groups excluding carboxylic acids is 2. The van der Waals surface area contributed by atoms with Gasteiger partial charge in [-0.15, -0.1) is 11.3 Å². The van der Waals surface area contributed by atoms with Crippen molar-refractivity contribution < 1.29 is 18.4 Å². The Labute approximate surface area is 207 Å². The van der Waals surface area contributed by atoms with Gasteiger partial charge < -0.3 is 11.1 Å². The van der Waals surface area contributed by atoms with Crippen LogP contribution in [0.3, 0.4) is 0 Å². The third-order valence-corrected chi connectivity index (χ3v) is 7.32. The fraction of sp³-hybridized carbons (Fsp3) is 0.318. The highest BCUT2D eigenvalue weighted by Gasteiger charge is 2.26. The first kappa shape index (κ1) is 24.7. The van der Waals surface area contributed by atoms with E-state index in [0.29, 0.717) is 39.5 Å². The zero-order chi connectivity index (χ0) is 25.6. The molecule has 4 heterocycles. The third-order valence-electron chi connectivity index (χ3n) is 5.67. The van der Waals surface area contributed by atoms with Crippen molar-refractivity contribution in [2.24, 2.45) is 5.73 Å². The van der Waals surface area contributed by atoms with Crippen LogP contribution < -0.4 is 11.1 Å². The Kier molecular flexibility index (Phi) is 6.60. The standard InChI is InChI=1S/C22H22ClF2N7O2S/c1-5-31-10(3)13(7-27-31)12-6-14(20(24)25)28-22-16(12)18(19(35-22)21(26)34)29-15(33)8-32-11(4)17(23)9(2)30-32/h6-7,20H,5,8H2,1-4H3,(H2,26,34)(H,29,33). The van der Waals surface area contributed by atoms with Gasteiger partial charge in [-0.25, -0.2) is 13.8 Å². The molecule has 4 aromatic heterocycles. The van der Waals surface area contributed by atoms with Gasteiger partial charge in [-0.1, -0.05) is 11.6 Å². The largest absolute Gasteiger partial charge is 0.365 e. The van der Waals surface area contributed by atoms with Crippen LogP contribution in [0.5, 0.6) is 0 Å². The molecule has 4 aromatic rings. The zero-order valence-electron chi connectivity index (χ0n) is 19.3. The van der Waals surface area contributed by atoms with Crippen LogP contribution in [-0.4, -0.2) is 36.4 Å². The quantitative estimate of drug-likeness (QED) is 0.367. The Bertz CT molecular complexity index is 1470. The molecule has 0 aliphatic rings. The molecule has 0 fully saturated rings.